The van der Waals surface area contributed by atoms with E-state index in [2.05, 4.69) is 15.3 Å². The van der Waals surface area contributed by atoms with Crippen LogP contribution in [0.2, 0.25) is 0 Å². The number of anilines is 2. The molecular formula is C26H28F3N5O3. The number of halogens is 3. The van der Waals surface area contributed by atoms with E-state index >= 15 is 0 Å². The van der Waals surface area contributed by atoms with Crippen LogP contribution in [0.15, 0.2) is 54.6 Å². The third kappa shape index (κ3) is 4.90. The Balaban J connectivity index is 1.36. The Hall–Kier alpha value is -3.89. The van der Waals surface area contributed by atoms with E-state index in [0.717, 1.165) is 10.4 Å². The zero-order valence-electron chi connectivity index (χ0n) is 20.5. The number of para-hydroxylation sites is 1. The van der Waals surface area contributed by atoms with E-state index in [9.17, 15) is 18.0 Å². The van der Waals surface area contributed by atoms with Crippen molar-refractivity contribution in [1.82, 2.24) is 14.7 Å². The van der Waals surface area contributed by atoms with Crippen molar-refractivity contribution < 1.29 is 27.4 Å². The predicted octanol–water partition coefficient (Wildman–Crippen LogP) is 4.52. The lowest BCUT2D eigenvalue weighted by atomic mass is 9.96. The first-order chi connectivity index (χ1) is 17.8. The van der Waals surface area contributed by atoms with Crippen LogP contribution in [0.25, 0.3) is 0 Å². The molecule has 1 N–H and O–H groups in total. The molecule has 0 spiro atoms. The molecule has 3 heterocycles. The average Bonchev–Trinajstić information content (AvgIpc) is 3.36. The van der Waals surface area contributed by atoms with Gasteiger partial charge in [0.05, 0.1) is 20.3 Å². The lowest BCUT2D eigenvalue weighted by molar-refractivity contribution is -0.173. The summed E-state index contributed by atoms with van der Waals surface area (Å²) in [5.41, 5.74) is 1.69. The minimum Gasteiger partial charge on any atom is -0.493 e. The first-order valence-corrected chi connectivity index (χ1v) is 12.0. The Kier molecular flexibility index (Phi) is 6.61. The number of amides is 1. The molecule has 2 atom stereocenters. The van der Waals surface area contributed by atoms with Crippen LogP contribution in [0.1, 0.15) is 34.6 Å². The molecule has 5 rings (SSSR count). The summed E-state index contributed by atoms with van der Waals surface area (Å²) in [6, 6.07) is 13.8. The lowest BCUT2D eigenvalue weighted by Crippen LogP contribution is -2.49. The lowest BCUT2D eigenvalue weighted by Gasteiger charge is -2.35. The molecule has 2 aliphatic heterocycles. The summed E-state index contributed by atoms with van der Waals surface area (Å²) in [6.07, 6.45) is -4.82. The summed E-state index contributed by atoms with van der Waals surface area (Å²) >= 11 is 0. The summed E-state index contributed by atoms with van der Waals surface area (Å²) in [5, 5.41) is 7.26. The highest BCUT2D eigenvalue weighted by molar-refractivity contribution is 5.93. The van der Waals surface area contributed by atoms with Gasteiger partial charge in [0.15, 0.2) is 23.2 Å². The van der Waals surface area contributed by atoms with Crippen LogP contribution >= 0.6 is 0 Å². The molecule has 0 radical (unpaired) electrons. The van der Waals surface area contributed by atoms with E-state index in [1.807, 2.05) is 30.3 Å². The molecule has 11 heteroatoms. The van der Waals surface area contributed by atoms with Gasteiger partial charge in [0.1, 0.15) is 5.82 Å². The number of aromatic nitrogens is 2. The molecular weight excluding hydrogens is 487 g/mol. The van der Waals surface area contributed by atoms with Crippen LogP contribution in [-0.2, 0) is 0 Å². The number of nitrogens with one attached hydrogen (secondary N) is 1. The molecule has 0 bridgehead atoms. The first-order valence-electron chi connectivity index (χ1n) is 12.0. The van der Waals surface area contributed by atoms with Gasteiger partial charge in [-0.1, -0.05) is 24.3 Å². The fourth-order valence-electron chi connectivity index (χ4n) is 4.93. The number of piperazine rings is 1. The van der Waals surface area contributed by atoms with Crippen molar-refractivity contribution in [2.75, 3.05) is 50.6 Å². The van der Waals surface area contributed by atoms with E-state index in [0.29, 0.717) is 43.2 Å². The summed E-state index contributed by atoms with van der Waals surface area (Å²) in [4.78, 5) is 17.0. The number of alkyl halides is 3. The predicted molar refractivity (Wildman–Crippen MR) is 132 cm³/mol. The second-order valence-electron chi connectivity index (χ2n) is 9.08. The monoisotopic (exact) mass is 515 g/mol. The van der Waals surface area contributed by atoms with E-state index < -0.39 is 18.3 Å². The van der Waals surface area contributed by atoms with E-state index in [1.54, 1.807) is 23.1 Å². The topological polar surface area (TPSA) is 71.9 Å². The van der Waals surface area contributed by atoms with Crippen molar-refractivity contribution in [3.05, 3.63) is 65.9 Å². The highest BCUT2D eigenvalue weighted by Crippen LogP contribution is 2.44. The minimum absolute atomic E-state index is 0.00197. The van der Waals surface area contributed by atoms with Gasteiger partial charge in [0.25, 0.3) is 5.91 Å². The molecule has 1 fully saturated rings. The SMILES string of the molecule is COc1ccc([C@@H]2C[C@H](C(F)(F)F)n3nc(C(=O)N4CCN(c5ccccc5)CC4)cc3N2)cc1OC. The van der Waals surface area contributed by atoms with Gasteiger partial charge in [-0.25, -0.2) is 4.68 Å². The molecule has 0 saturated carbocycles. The summed E-state index contributed by atoms with van der Waals surface area (Å²) in [5.74, 6) is 0.689. The van der Waals surface area contributed by atoms with E-state index in [4.69, 9.17) is 9.47 Å². The van der Waals surface area contributed by atoms with Gasteiger partial charge < -0.3 is 24.6 Å². The Bertz CT molecular complexity index is 1260. The average molecular weight is 516 g/mol. The molecule has 8 nitrogen and oxygen atoms in total. The molecule has 1 aromatic heterocycles. The Morgan fingerprint density at radius 2 is 1.68 bits per heavy atom. The number of benzene rings is 2. The number of fused-ring (bicyclic) bond motifs is 1. The highest BCUT2D eigenvalue weighted by atomic mass is 19.4. The molecule has 1 amide bonds. The van der Waals surface area contributed by atoms with Gasteiger partial charge in [-0.3, -0.25) is 4.79 Å². The van der Waals surface area contributed by atoms with Crippen LogP contribution in [-0.4, -0.2) is 67.2 Å². The maximum atomic E-state index is 14.1. The standard InChI is InChI=1S/C26H28F3N5O3/c1-36-21-9-8-17(14-22(21)37-2)19-15-23(26(27,28)29)34-24(30-19)16-20(31-34)25(35)33-12-10-32(11-13-33)18-6-4-3-5-7-18/h3-9,14,16,19,23,30H,10-13,15H2,1-2H3/t19-,23+/m0/s1. The van der Waals surface area contributed by atoms with Gasteiger partial charge >= 0.3 is 6.18 Å². The number of methoxy groups -OCH3 is 2. The number of nitrogens with zero attached hydrogens (tertiary/aromatic N) is 4. The Labute approximate surface area is 212 Å². The molecule has 37 heavy (non-hydrogen) atoms. The second-order valence-corrected chi connectivity index (χ2v) is 9.08. The Morgan fingerprint density at radius 1 is 0.973 bits per heavy atom. The van der Waals surface area contributed by atoms with Crippen molar-refractivity contribution >= 4 is 17.4 Å². The Morgan fingerprint density at radius 3 is 2.32 bits per heavy atom. The van der Waals surface area contributed by atoms with Crippen LogP contribution in [0.3, 0.4) is 0 Å². The van der Waals surface area contributed by atoms with Crippen LogP contribution < -0.4 is 19.7 Å². The fourth-order valence-corrected chi connectivity index (χ4v) is 4.93. The maximum Gasteiger partial charge on any atom is 0.410 e. The van der Waals surface area contributed by atoms with Gasteiger partial charge in [-0.15, -0.1) is 0 Å². The van der Waals surface area contributed by atoms with Crippen molar-refractivity contribution in [3.63, 3.8) is 0 Å². The van der Waals surface area contributed by atoms with Gasteiger partial charge in [0, 0.05) is 44.4 Å². The molecule has 0 unspecified atom stereocenters. The summed E-state index contributed by atoms with van der Waals surface area (Å²) < 4.78 is 53.8. The normalized spacial score (nSPS) is 19.7. The van der Waals surface area contributed by atoms with Gasteiger partial charge in [-0.05, 0) is 29.8 Å². The number of hydrogen-bond acceptors (Lipinski definition) is 6. The second kappa shape index (κ2) is 9.87. The van der Waals surface area contributed by atoms with E-state index in [1.165, 1.54) is 20.3 Å². The van der Waals surface area contributed by atoms with Crippen LogP contribution in [0, 0.1) is 0 Å². The highest BCUT2D eigenvalue weighted by Gasteiger charge is 2.47. The molecule has 0 aliphatic carbocycles. The maximum absolute atomic E-state index is 14.1. The number of hydrogen-bond donors (Lipinski definition) is 1. The molecule has 196 valence electrons. The van der Waals surface area contributed by atoms with E-state index in [-0.39, 0.29) is 23.8 Å². The summed E-state index contributed by atoms with van der Waals surface area (Å²) in [6.45, 7) is 2.18. The third-order valence-electron chi connectivity index (χ3n) is 6.91. The quantitative estimate of drug-likeness (QED) is 0.539. The van der Waals surface area contributed by atoms with Crippen molar-refractivity contribution in [3.8, 4) is 11.5 Å². The van der Waals surface area contributed by atoms with Crippen molar-refractivity contribution in [1.29, 1.82) is 0 Å². The molecule has 2 aliphatic rings. The number of ether oxygens (including phenoxy) is 2. The summed E-state index contributed by atoms with van der Waals surface area (Å²) in [7, 11) is 2.97. The molecule has 3 aromatic rings. The largest absolute Gasteiger partial charge is 0.493 e. The van der Waals surface area contributed by atoms with Gasteiger partial charge in [0.2, 0.25) is 0 Å². The first kappa shape index (κ1) is 24.8. The number of carbonyl (C=O) groups is 1. The third-order valence-corrected chi connectivity index (χ3v) is 6.91. The van der Waals surface area contributed by atoms with Gasteiger partial charge in [-0.2, -0.15) is 18.3 Å². The van der Waals surface area contributed by atoms with Crippen LogP contribution in [0.5, 0.6) is 11.5 Å². The number of carbonyl (C=O) groups excluding carboxylic acids is 1. The smallest absolute Gasteiger partial charge is 0.410 e. The van der Waals surface area contributed by atoms with Crippen molar-refractivity contribution in [2.24, 2.45) is 0 Å². The minimum atomic E-state index is -4.54. The number of rotatable bonds is 5. The molecule has 2 aromatic carbocycles. The zero-order chi connectivity index (χ0) is 26.2. The molecule has 1 saturated heterocycles. The zero-order valence-corrected chi connectivity index (χ0v) is 20.5. The fraction of sp³-hybridized carbons (Fsp3) is 0.385. The van der Waals surface area contributed by atoms with Crippen LogP contribution in [0.4, 0.5) is 24.7 Å². The van der Waals surface area contributed by atoms with Crippen molar-refractivity contribution in [2.45, 2.75) is 24.7 Å².